The van der Waals surface area contributed by atoms with E-state index >= 15 is 0 Å². The van der Waals surface area contributed by atoms with Crippen LogP contribution in [0.2, 0.25) is 0 Å². The van der Waals surface area contributed by atoms with E-state index in [1.807, 2.05) is 17.2 Å². The van der Waals surface area contributed by atoms with Crippen molar-refractivity contribution in [2.75, 3.05) is 50.7 Å². The Labute approximate surface area is 167 Å². The quantitative estimate of drug-likeness (QED) is 0.768. The van der Waals surface area contributed by atoms with Gasteiger partial charge in [-0.3, -0.25) is 14.6 Å². The molecule has 0 N–H and O–H groups in total. The summed E-state index contributed by atoms with van der Waals surface area (Å²) in [7, 11) is 0. The van der Waals surface area contributed by atoms with Crippen LogP contribution in [0.25, 0.3) is 0 Å². The summed E-state index contributed by atoms with van der Waals surface area (Å²) in [5, 5.41) is 0. The first-order valence-corrected chi connectivity index (χ1v) is 10.6. The highest BCUT2D eigenvalue weighted by Crippen LogP contribution is 2.26. The van der Waals surface area contributed by atoms with Gasteiger partial charge in [0.15, 0.2) is 0 Å². The van der Waals surface area contributed by atoms with Crippen LogP contribution in [0.15, 0.2) is 36.7 Å². The van der Waals surface area contributed by atoms with E-state index in [2.05, 4.69) is 50.7 Å². The van der Waals surface area contributed by atoms with Crippen LogP contribution in [0, 0.1) is 0 Å². The maximum Gasteiger partial charge on any atom is 0.241 e. The topological polar surface area (TPSA) is 44.6 Å². The molecule has 0 aliphatic carbocycles. The molecule has 150 valence electrons. The molecule has 1 saturated heterocycles. The number of para-hydroxylation sites is 1. The summed E-state index contributed by atoms with van der Waals surface area (Å²) in [6.45, 7) is 9.55. The number of aryl methyl sites for hydroxylation is 2. The number of benzene rings is 1. The maximum absolute atomic E-state index is 12.9. The van der Waals surface area contributed by atoms with Crippen LogP contribution in [0.3, 0.4) is 0 Å². The van der Waals surface area contributed by atoms with Crippen molar-refractivity contribution in [1.29, 1.82) is 0 Å². The van der Waals surface area contributed by atoms with Crippen LogP contribution in [0.1, 0.15) is 24.7 Å². The Morgan fingerprint density at radius 1 is 1.04 bits per heavy atom. The van der Waals surface area contributed by atoms with Crippen LogP contribution < -0.4 is 4.90 Å². The molecule has 2 aliphatic heterocycles. The first-order chi connectivity index (χ1) is 13.7. The molecule has 2 aromatic rings. The molecule has 2 aliphatic rings. The van der Waals surface area contributed by atoms with Crippen molar-refractivity contribution < 1.29 is 4.79 Å². The average molecular weight is 382 g/mol. The minimum atomic E-state index is 0.242. The van der Waals surface area contributed by atoms with Gasteiger partial charge >= 0.3 is 0 Å². The van der Waals surface area contributed by atoms with Crippen molar-refractivity contribution >= 4 is 11.6 Å². The van der Waals surface area contributed by atoms with Gasteiger partial charge < -0.3 is 9.47 Å². The van der Waals surface area contributed by atoms with Gasteiger partial charge in [0.25, 0.3) is 0 Å². The van der Waals surface area contributed by atoms with Crippen molar-refractivity contribution in [3.05, 3.63) is 48.0 Å². The molecule has 6 nitrogen and oxygen atoms in total. The van der Waals surface area contributed by atoms with Crippen LogP contribution in [-0.2, 0) is 24.2 Å². The summed E-state index contributed by atoms with van der Waals surface area (Å²) in [6, 6.07) is 8.34. The highest BCUT2D eigenvalue weighted by Gasteiger charge is 2.25. The van der Waals surface area contributed by atoms with E-state index in [1.165, 1.54) is 5.56 Å². The van der Waals surface area contributed by atoms with Crippen molar-refractivity contribution in [2.24, 2.45) is 0 Å². The molecule has 1 aromatic carbocycles. The van der Waals surface area contributed by atoms with Gasteiger partial charge in [0.05, 0.1) is 6.54 Å². The summed E-state index contributed by atoms with van der Waals surface area (Å²) in [4.78, 5) is 24.1. The smallest absolute Gasteiger partial charge is 0.241 e. The molecule has 1 aromatic heterocycles. The fourth-order valence-corrected chi connectivity index (χ4v) is 4.35. The SMILES string of the molecule is CCc1nccn1CCN1CCN(CC(=O)N2CCCc3ccccc32)CC1. The van der Waals surface area contributed by atoms with Crippen LogP contribution >= 0.6 is 0 Å². The molecule has 0 bridgehead atoms. The van der Waals surface area contributed by atoms with Gasteiger partial charge in [-0.25, -0.2) is 4.98 Å². The second kappa shape index (κ2) is 8.88. The van der Waals surface area contributed by atoms with E-state index < -0.39 is 0 Å². The fourth-order valence-electron chi connectivity index (χ4n) is 4.35. The lowest BCUT2D eigenvalue weighted by atomic mass is 10.0. The van der Waals surface area contributed by atoms with Gasteiger partial charge in [0.1, 0.15) is 5.82 Å². The van der Waals surface area contributed by atoms with Crippen molar-refractivity contribution in [3.8, 4) is 0 Å². The molecule has 6 heteroatoms. The van der Waals surface area contributed by atoms with E-state index in [1.54, 1.807) is 0 Å². The van der Waals surface area contributed by atoms with Crippen LogP contribution in [0.5, 0.6) is 0 Å². The Morgan fingerprint density at radius 2 is 1.82 bits per heavy atom. The lowest BCUT2D eigenvalue weighted by Crippen LogP contribution is -2.51. The Balaban J connectivity index is 1.25. The lowest BCUT2D eigenvalue weighted by Gasteiger charge is -2.36. The number of imidazole rings is 1. The number of aromatic nitrogens is 2. The molecule has 1 amide bonds. The number of carbonyl (C=O) groups is 1. The molecular weight excluding hydrogens is 350 g/mol. The monoisotopic (exact) mass is 381 g/mol. The number of piperazine rings is 1. The van der Waals surface area contributed by atoms with Crippen molar-refractivity contribution in [3.63, 3.8) is 0 Å². The minimum Gasteiger partial charge on any atom is -0.334 e. The van der Waals surface area contributed by atoms with E-state index in [4.69, 9.17) is 0 Å². The first kappa shape index (κ1) is 19.2. The molecule has 3 heterocycles. The van der Waals surface area contributed by atoms with E-state index in [0.29, 0.717) is 6.54 Å². The van der Waals surface area contributed by atoms with Gasteiger partial charge in [-0.1, -0.05) is 25.1 Å². The third kappa shape index (κ3) is 4.28. The number of carbonyl (C=O) groups excluding carboxylic acids is 1. The second-order valence-electron chi connectivity index (χ2n) is 7.79. The van der Waals surface area contributed by atoms with Gasteiger partial charge in [-0.2, -0.15) is 0 Å². The Bertz CT molecular complexity index is 794. The third-order valence-corrected chi connectivity index (χ3v) is 6.01. The van der Waals surface area contributed by atoms with E-state index in [-0.39, 0.29) is 5.91 Å². The molecular formula is C22H31N5O. The van der Waals surface area contributed by atoms with E-state index in [9.17, 15) is 4.79 Å². The largest absolute Gasteiger partial charge is 0.334 e. The van der Waals surface area contributed by atoms with Gasteiger partial charge in [0, 0.05) is 70.3 Å². The number of nitrogens with zero attached hydrogens (tertiary/aromatic N) is 5. The van der Waals surface area contributed by atoms with Gasteiger partial charge in [0.2, 0.25) is 5.91 Å². The van der Waals surface area contributed by atoms with Gasteiger partial charge in [-0.05, 0) is 24.5 Å². The minimum absolute atomic E-state index is 0.242. The van der Waals surface area contributed by atoms with Crippen LogP contribution in [0.4, 0.5) is 5.69 Å². The first-order valence-electron chi connectivity index (χ1n) is 10.6. The average Bonchev–Trinajstić information content (AvgIpc) is 3.20. The number of rotatable bonds is 6. The molecule has 0 unspecified atom stereocenters. The van der Waals surface area contributed by atoms with Crippen molar-refractivity contribution in [1.82, 2.24) is 19.4 Å². The summed E-state index contributed by atoms with van der Waals surface area (Å²) < 4.78 is 2.25. The second-order valence-corrected chi connectivity index (χ2v) is 7.79. The lowest BCUT2D eigenvalue weighted by molar-refractivity contribution is -0.120. The van der Waals surface area contributed by atoms with E-state index in [0.717, 1.165) is 76.6 Å². The normalized spacial score (nSPS) is 18.2. The number of amides is 1. The summed E-state index contributed by atoms with van der Waals surface area (Å²) in [5.41, 5.74) is 2.42. The molecule has 0 saturated carbocycles. The molecule has 1 fully saturated rings. The molecule has 0 radical (unpaired) electrons. The predicted molar refractivity (Wildman–Crippen MR) is 112 cm³/mol. The summed E-state index contributed by atoms with van der Waals surface area (Å²) in [6.07, 6.45) is 7.08. The Morgan fingerprint density at radius 3 is 2.64 bits per heavy atom. The molecule has 0 spiro atoms. The fraction of sp³-hybridized carbons (Fsp3) is 0.545. The third-order valence-electron chi connectivity index (χ3n) is 6.01. The number of fused-ring (bicyclic) bond motifs is 1. The maximum atomic E-state index is 12.9. The molecule has 28 heavy (non-hydrogen) atoms. The highest BCUT2D eigenvalue weighted by molar-refractivity contribution is 5.95. The number of anilines is 1. The highest BCUT2D eigenvalue weighted by atomic mass is 16.2. The zero-order valence-corrected chi connectivity index (χ0v) is 16.9. The Hall–Kier alpha value is -2.18. The molecule has 0 atom stereocenters. The van der Waals surface area contributed by atoms with Crippen molar-refractivity contribution in [2.45, 2.75) is 32.7 Å². The standard InChI is InChI=1S/C22H31N5O/c1-2-21-23-9-11-26(21)17-16-24-12-14-25(15-13-24)18-22(28)27-10-5-7-19-6-3-4-8-20(19)27/h3-4,6,8-9,11H,2,5,7,10,12-18H2,1H3. The zero-order chi connectivity index (χ0) is 19.3. The Kier molecular flexibility index (Phi) is 6.07. The number of hydrogen-bond acceptors (Lipinski definition) is 4. The number of hydrogen-bond donors (Lipinski definition) is 0. The summed E-state index contributed by atoms with van der Waals surface area (Å²) >= 11 is 0. The van der Waals surface area contributed by atoms with Crippen LogP contribution in [-0.4, -0.2) is 71.1 Å². The zero-order valence-electron chi connectivity index (χ0n) is 16.9. The summed E-state index contributed by atoms with van der Waals surface area (Å²) in [5.74, 6) is 1.40. The van der Waals surface area contributed by atoms with Gasteiger partial charge in [-0.15, -0.1) is 0 Å². The molecule has 4 rings (SSSR count). The predicted octanol–water partition coefficient (Wildman–Crippen LogP) is 2.04.